The monoisotopic (exact) mass is 336 g/mol. The predicted octanol–water partition coefficient (Wildman–Crippen LogP) is 2.80. The first kappa shape index (κ1) is 16.0. The van der Waals surface area contributed by atoms with Crippen molar-refractivity contribution in [2.45, 2.75) is 42.7 Å². The van der Waals surface area contributed by atoms with Gasteiger partial charge in [-0.1, -0.05) is 23.2 Å². The molecule has 0 bridgehead atoms. The van der Waals surface area contributed by atoms with E-state index in [-0.39, 0.29) is 10.9 Å². The van der Waals surface area contributed by atoms with E-state index in [9.17, 15) is 8.42 Å². The minimum absolute atomic E-state index is 0.0256. The fourth-order valence-electron chi connectivity index (χ4n) is 2.47. The van der Waals surface area contributed by atoms with Crippen molar-refractivity contribution in [3.63, 3.8) is 0 Å². The van der Waals surface area contributed by atoms with Crippen LogP contribution in [0.25, 0.3) is 0 Å². The summed E-state index contributed by atoms with van der Waals surface area (Å²) in [7, 11) is -1.63. The fraction of sp³-hybridized carbons (Fsp3) is 0.538. The molecule has 1 aliphatic carbocycles. The van der Waals surface area contributed by atoms with Crippen molar-refractivity contribution in [1.82, 2.24) is 10.0 Å². The summed E-state index contributed by atoms with van der Waals surface area (Å²) in [6.45, 7) is 0. The molecule has 0 atom stereocenters. The molecule has 0 heterocycles. The van der Waals surface area contributed by atoms with Crippen LogP contribution in [0.2, 0.25) is 10.0 Å². The molecule has 0 spiro atoms. The summed E-state index contributed by atoms with van der Waals surface area (Å²) in [4.78, 5) is 0.116. The van der Waals surface area contributed by atoms with Gasteiger partial charge in [0, 0.05) is 22.1 Å². The van der Waals surface area contributed by atoms with Gasteiger partial charge >= 0.3 is 0 Å². The first-order chi connectivity index (χ1) is 9.40. The van der Waals surface area contributed by atoms with Crippen LogP contribution >= 0.6 is 23.2 Å². The van der Waals surface area contributed by atoms with Crippen LogP contribution < -0.4 is 10.0 Å². The van der Waals surface area contributed by atoms with E-state index < -0.39 is 10.0 Å². The number of halogens is 2. The van der Waals surface area contributed by atoms with Crippen LogP contribution in [-0.2, 0) is 10.0 Å². The van der Waals surface area contributed by atoms with Crippen LogP contribution in [0.5, 0.6) is 0 Å². The molecule has 112 valence electrons. The largest absolute Gasteiger partial charge is 0.317 e. The average molecular weight is 337 g/mol. The molecule has 0 radical (unpaired) electrons. The van der Waals surface area contributed by atoms with Gasteiger partial charge in [0.2, 0.25) is 10.0 Å². The highest BCUT2D eigenvalue weighted by Gasteiger charge is 2.25. The molecule has 0 aromatic heterocycles. The van der Waals surface area contributed by atoms with Crippen LogP contribution in [0.1, 0.15) is 25.7 Å². The fourth-order valence-corrected chi connectivity index (χ4v) is 4.50. The molecule has 0 aliphatic heterocycles. The molecule has 2 N–H and O–H groups in total. The number of hydrogen-bond acceptors (Lipinski definition) is 3. The Bertz CT molecular complexity index is 549. The quantitative estimate of drug-likeness (QED) is 0.888. The molecular formula is C13H18Cl2N2O2S. The Morgan fingerprint density at radius 2 is 1.50 bits per heavy atom. The van der Waals surface area contributed by atoms with Crippen LogP contribution in [-0.4, -0.2) is 27.5 Å². The SMILES string of the molecule is CNC1CCC(NS(=O)(=O)c2cc(Cl)cc(Cl)c2)CC1. The third kappa shape index (κ3) is 4.09. The van der Waals surface area contributed by atoms with E-state index in [0.29, 0.717) is 16.1 Å². The van der Waals surface area contributed by atoms with Crippen molar-refractivity contribution < 1.29 is 8.42 Å². The normalized spacial score (nSPS) is 23.8. The average Bonchev–Trinajstić information content (AvgIpc) is 2.38. The second-order valence-electron chi connectivity index (χ2n) is 5.06. The molecule has 7 heteroatoms. The van der Waals surface area contributed by atoms with Gasteiger partial charge in [-0.05, 0) is 50.9 Å². The van der Waals surface area contributed by atoms with E-state index >= 15 is 0 Å². The maximum atomic E-state index is 12.3. The van der Waals surface area contributed by atoms with Gasteiger partial charge in [-0.25, -0.2) is 13.1 Å². The summed E-state index contributed by atoms with van der Waals surface area (Å²) in [6.07, 6.45) is 3.61. The highest BCUT2D eigenvalue weighted by molar-refractivity contribution is 7.89. The smallest absolute Gasteiger partial charge is 0.240 e. The van der Waals surface area contributed by atoms with Gasteiger partial charge in [0.1, 0.15) is 0 Å². The zero-order chi connectivity index (χ0) is 14.8. The third-order valence-electron chi connectivity index (χ3n) is 3.60. The summed E-state index contributed by atoms with van der Waals surface area (Å²) in [6, 6.07) is 4.79. The summed E-state index contributed by atoms with van der Waals surface area (Å²) >= 11 is 11.7. The number of nitrogens with one attached hydrogen (secondary N) is 2. The molecule has 4 nitrogen and oxygen atoms in total. The summed E-state index contributed by atoms with van der Waals surface area (Å²) < 4.78 is 27.4. The van der Waals surface area contributed by atoms with Crippen molar-refractivity contribution in [3.8, 4) is 0 Å². The van der Waals surface area contributed by atoms with Crippen molar-refractivity contribution in [2.75, 3.05) is 7.05 Å². The van der Waals surface area contributed by atoms with Gasteiger partial charge in [-0.2, -0.15) is 0 Å². The van der Waals surface area contributed by atoms with Crippen molar-refractivity contribution in [1.29, 1.82) is 0 Å². The van der Waals surface area contributed by atoms with Crippen molar-refractivity contribution in [2.24, 2.45) is 0 Å². The van der Waals surface area contributed by atoms with Gasteiger partial charge in [0.05, 0.1) is 4.90 Å². The standard InChI is InChI=1S/C13H18Cl2N2O2S/c1-16-11-2-4-12(5-3-11)17-20(18,19)13-7-9(14)6-10(15)8-13/h6-8,11-12,16-17H,2-5H2,1H3. The van der Waals surface area contributed by atoms with Gasteiger partial charge < -0.3 is 5.32 Å². The molecule has 20 heavy (non-hydrogen) atoms. The van der Waals surface area contributed by atoms with Gasteiger partial charge in [-0.15, -0.1) is 0 Å². The lowest BCUT2D eigenvalue weighted by atomic mass is 9.92. The lowest BCUT2D eigenvalue weighted by Crippen LogP contribution is -2.41. The number of hydrogen-bond donors (Lipinski definition) is 2. The molecular weight excluding hydrogens is 319 g/mol. The van der Waals surface area contributed by atoms with Crippen LogP contribution in [0.3, 0.4) is 0 Å². The molecule has 1 saturated carbocycles. The topological polar surface area (TPSA) is 58.2 Å². The Morgan fingerprint density at radius 3 is 2.00 bits per heavy atom. The zero-order valence-corrected chi connectivity index (χ0v) is 13.5. The Labute approximate surface area is 129 Å². The Hall–Kier alpha value is -0.330. The molecule has 2 rings (SSSR count). The number of rotatable bonds is 4. The highest BCUT2D eigenvalue weighted by atomic mass is 35.5. The second-order valence-corrected chi connectivity index (χ2v) is 7.65. The Balaban J connectivity index is 2.08. The molecule has 1 fully saturated rings. The van der Waals surface area contributed by atoms with Gasteiger partial charge in [0.25, 0.3) is 0 Å². The first-order valence-electron chi connectivity index (χ1n) is 6.56. The first-order valence-corrected chi connectivity index (χ1v) is 8.80. The molecule has 1 aromatic rings. The van der Waals surface area contributed by atoms with E-state index in [1.54, 1.807) is 0 Å². The minimum Gasteiger partial charge on any atom is -0.317 e. The molecule has 0 unspecified atom stereocenters. The second kappa shape index (κ2) is 6.62. The summed E-state index contributed by atoms with van der Waals surface area (Å²) in [5, 5.41) is 3.85. The number of sulfonamides is 1. The third-order valence-corrected chi connectivity index (χ3v) is 5.54. The highest BCUT2D eigenvalue weighted by Crippen LogP contribution is 2.24. The van der Waals surface area contributed by atoms with E-state index in [2.05, 4.69) is 10.0 Å². The van der Waals surface area contributed by atoms with Crippen LogP contribution in [0, 0.1) is 0 Å². The van der Waals surface area contributed by atoms with Crippen LogP contribution in [0.15, 0.2) is 23.1 Å². The van der Waals surface area contributed by atoms with Crippen molar-refractivity contribution in [3.05, 3.63) is 28.2 Å². The van der Waals surface area contributed by atoms with Gasteiger partial charge in [-0.3, -0.25) is 0 Å². The van der Waals surface area contributed by atoms with Crippen molar-refractivity contribution >= 4 is 33.2 Å². The predicted molar refractivity (Wildman–Crippen MR) is 81.9 cm³/mol. The van der Waals surface area contributed by atoms with E-state index in [4.69, 9.17) is 23.2 Å². The molecule has 0 amide bonds. The van der Waals surface area contributed by atoms with Crippen LogP contribution in [0.4, 0.5) is 0 Å². The van der Waals surface area contributed by atoms with E-state index in [1.807, 2.05) is 7.05 Å². The zero-order valence-electron chi connectivity index (χ0n) is 11.2. The number of benzene rings is 1. The lowest BCUT2D eigenvalue weighted by molar-refractivity contribution is 0.343. The minimum atomic E-state index is -3.57. The Kier molecular flexibility index (Phi) is 5.31. The maximum absolute atomic E-state index is 12.3. The van der Waals surface area contributed by atoms with E-state index in [1.165, 1.54) is 18.2 Å². The lowest BCUT2D eigenvalue weighted by Gasteiger charge is -2.28. The molecule has 0 saturated heterocycles. The summed E-state index contributed by atoms with van der Waals surface area (Å²) in [5.74, 6) is 0. The Morgan fingerprint density at radius 1 is 1.00 bits per heavy atom. The maximum Gasteiger partial charge on any atom is 0.240 e. The molecule has 1 aliphatic rings. The molecule has 1 aromatic carbocycles. The summed E-state index contributed by atoms with van der Waals surface area (Å²) in [5.41, 5.74) is 0. The van der Waals surface area contributed by atoms with Gasteiger partial charge in [0.15, 0.2) is 0 Å². The van der Waals surface area contributed by atoms with E-state index in [0.717, 1.165) is 25.7 Å².